The Kier molecular flexibility index (Phi) is 4.44. The van der Waals surface area contributed by atoms with Crippen LogP contribution in [-0.4, -0.2) is 18.7 Å². The third kappa shape index (κ3) is 3.41. The lowest BCUT2D eigenvalue weighted by atomic mass is 9.98. The number of benzene rings is 1. The van der Waals surface area contributed by atoms with E-state index < -0.39 is 0 Å². The lowest BCUT2D eigenvalue weighted by Crippen LogP contribution is -2.14. The van der Waals surface area contributed by atoms with Gasteiger partial charge < -0.3 is 4.74 Å². The molecular weight excluding hydrogens is 216 g/mol. The maximum absolute atomic E-state index is 12.0. The molecule has 92 valence electrons. The topological polar surface area (TPSA) is 43.4 Å². The van der Waals surface area contributed by atoms with Crippen molar-refractivity contribution in [3.05, 3.63) is 29.3 Å². The first kappa shape index (κ1) is 13.4. The average Bonchev–Trinajstić information content (AvgIpc) is 2.28. The minimum absolute atomic E-state index is 0.0430. The summed E-state index contributed by atoms with van der Waals surface area (Å²) in [5.41, 5.74) is 1.47. The summed E-state index contributed by atoms with van der Waals surface area (Å²) in [4.78, 5) is 23.5. The molecule has 0 aliphatic heterocycles. The maximum Gasteiger partial charge on any atom is 0.173 e. The molecule has 0 heterocycles. The first-order valence-corrected chi connectivity index (χ1v) is 5.66. The molecule has 0 bridgehead atoms. The maximum atomic E-state index is 12.0. The fourth-order valence-corrected chi connectivity index (χ4v) is 1.50. The van der Waals surface area contributed by atoms with Gasteiger partial charge in [-0.15, -0.1) is 0 Å². The van der Waals surface area contributed by atoms with Crippen LogP contribution >= 0.6 is 0 Å². The molecule has 0 aliphatic carbocycles. The summed E-state index contributed by atoms with van der Waals surface area (Å²) in [6.45, 7) is 5.49. The van der Waals surface area contributed by atoms with Gasteiger partial charge >= 0.3 is 0 Å². The van der Waals surface area contributed by atoms with Crippen molar-refractivity contribution in [3.8, 4) is 5.75 Å². The Balaban J connectivity index is 2.95. The van der Waals surface area contributed by atoms with Crippen molar-refractivity contribution in [2.24, 2.45) is 5.92 Å². The quantitative estimate of drug-likeness (QED) is 0.581. The van der Waals surface area contributed by atoms with E-state index in [1.807, 2.05) is 13.0 Å². The van der Waals surface area contributed by atoms with Gasteiger partial charge in [-0.1, -0.05) is 25.5 Å². The number of hydrogen-bond acceptors (Lipinski definition) is 3. The number of rotatable bonds is 5. The van der Waals surface area contributed by atoms with Gasteiger partial charge in [-0.05, 0) is 19.1 Å². The van der Waals surface area contributed by atoms with Gasteiger partial charge in [0, 0.05) is 5.92 Å². The number of ketones is 2. The van der Waals surface area contributed by atoms with E-state index in [4.69, 9.17) is 4.74 Å². The van der Waals surface area contributed by atoms with E-state index in [1.54, 1.807) is 26.0 Å². The van der Waals surface area contributed by atoms with E-state index in [2.05, 4.69) is 0 Å². The second-order valence-electron chi connectivity index (χ2n) is 4.42. The summed E-state index contributed by atoms with van der Waals surface area (Å²) >= 11 is 0. The van der Waals surface area contributed by atoms with Crippen molar-refractivity contribution in [1.29, 1.82) is 0 Å². The van der Waals surface area contributed by atoms with Crippen LogP contribution in [0.25, 0.3) is 0 Å². The first-order chi connectivity index (χ1) is 7.95. The molecule has 0 amide bonds. The van der Waals surface area contributed by atoms with Crippen molar-refractivity contribution in [3.63, 3.8) is 0 Å². The van der Waals surface area contributed by atoms with E-state index in [1.165, 1.54) is 7.11 Å². The van der Waals surface area contributed by atoms with Crippen molar-refractivity contribution >= 4 is 11.6 Å². The second-order valence-corrected chi connectivity index (χ2v) is 4.42. The molecule has 3 nitrogen and oxygen atoms in total. The lowest BCUT2D eigenvalue weighted by Gasteiger charge is -2.09. The molecule has 1 aromatic carbocycles. The zero-order valence-corrected chi connectivity index (χ0v) is 10.7. The molecule has 1 aromatic rings. The smallest absolute Gasteiger partial charge is 0.173 e. The van der Waals surface area contributed by atoms with Crippen molar-refractivity contribution in [1.82, 2.24) is 0 Å². The summed E-state index contributed by atoms with van der Waals surface area (Å²) in [6, 6.07) is 5.39. The second kappa shape index (κ2) is 5.62. The SMILES string of the molecule is COc1ccc(C)cc1C(=O)CC(=O)C(C)C. The van der Waals surface area contributed by atoms with Gasteiger partial charge in [0.15, 0.2) is 5.78 Å². The fraction of sp³-hybridized carbons (Fsp3) is 0.429. The van der Waals surface area contributed by atoms with Gasteiger partial charge in [0.05, 0.1) is 19.1 Å². The molecule has 0 aliphatic rings. The molecule has 0 radical (unpaired) electrons. The largest absolute Gasteiger partial charge is 0.496 e. The predicted molar refractivity (Wildman–Crippen MR) is 66.5 cm³/mol. The van der Waals surface area contributed by atoms with Gasteiger partial charge in [0.2, 0.25) is 0 Å². The molecule has 0 saturated heterocycles. The monoisotopic (exact) mass is 234 g/mol. The fourth-order valence-electron chi connectivity index (χ4n) is 1.50. The van der Waals surface area contributed by atoms with E-state index in [0.29, 0.717) is 11.3 Å². The van der Waals surface area contributed by atoms with Crippen LogP contribution in [0.4, 0.5) is 0 Å². The number of Topliss-reactive ketones (excluding diaryl/α,β-unsaturated/α-hetero) is 2. The number of methoxy groups -OCH3 is 1. The number of ether oxygens (including phenoxy) is 1. The van der Waals surface area contributed by atoms with E-state index in [-0.39, 0.29) is 23.9 Å². The van der Waals surface area contributed by atoms with Crippen LogP contribution in [0.5, 0.6) is 5.75 Å². The Morgan fingerprint density at radius 2 is 1.94 bits per heavy atom. The molecule has 0 spiro atoms. The van der Waals surface area contributed by atoms with Gasteiger partial charge in [-0.2, -0.15) is 0 Å². The summed E-state index contributed by atoms with van der Waals surface area (Å²) in [7, 11) is 1.52. The summed E-state index contributed by atoms with van der Waals surface area (Å²) in [5, 5.41) is 0. The molecule has 0 unspecified atom stereocenters. The Labute approximate surface area is 102 Å². The van der Waals surface area contributed by atoms with Crippen LogP contribution in [0, 0.1) is 12.8 Å². The summed E-state index contributed by atoms with van der Waals surface area (Å²) in [6.07, 6.45) is -0.0581. The molecule has 0 aromatic heterocycles. The van der Waals surface area contributed by atoms with E-state index in [0.717, 1.165) is 5.56 Å². The molecule has 0 fully saturated rings. The van der Waals surface area contributed by atoms with Crippen LogP contribution < -0.4 is 4.74 Å². The molecule has 0 saturated carbocycles. The third-order valence-electron chi connectivity index (χ3n) is 2.63. The van der Waals surface area contributed by atoms with Crippen molar-refractivity contribution in [2.45, 2.75) is 27.2 Å². The van der Waals surface area contributed by atoms with Gasteiger partial charge in [-0.25, -0.2) is 0 Å². The highest BCUT2D eigenvalue weighted by Gasteiger charge is 2.17. The Morgan fingerprint density at radius 1 is 1.29 bits per heavy atom. The van der Waals surface area contributed by atoms with Crippen LogP contribution in [-0.2, 0) is 4.79 Å². The Hall–Kier alpha value is -1.64. The zero-order valence-electron chi connectivity index (χ0n) is 10.7. The van der Waals surface area contributed by atoms with Crippen LogP contribution in [0.2, 0.25) is 0 Å². The minimum Gasteiger partial charge on any atom is -0.496 e. The number of carbonyl (C=O) groups is 2. The number of aryl methyl sites for hydroxylation is 1. The molecule has 0 atom stereocenters. The highest BCUT2D eigenvalue weighted by molar-refractivity contribution is 6.09. The molecule has 0 N–H and O–H groups in total. The zero-order chi connectivity index (χ0) is 13.0. The Bertz CT molecular complexity index is 433. The van der Waals surface area contributed by atoms with Crippen molar-refractivity contribution in [2.75, 3.05) is 7.11 Å². The molecule has 1 rings (SSSR count). The highest BCUT2D eigenvalue weighted by Crippen LogP contribution is 2.21. The summed E-state index contributed by atoms with van der Waals surface area (Å²) in [5.74, 6) is 0.190. The Morgan fingerprint density at radius 3 is 2.47 bits per heavy atom. The molecular formula is C14H18O3. The molecule has 17 heavy (non-hydrogen) atoms. The normalized spacial score (nSPS) is 10.4. The van der Waals surface area contributed by atoms with Gasteiger partial charge in [0.25, 0.3) is 0 Å². The third-order valence-corrected chi connectivity index (χ3v) is 2.63. The standard InChI is InChI=1S/C14H18O3/c1-9(2)12(15)8-13(16)11-7-10(3)5-6-14(11)17-4/h5-7,9H,8H2,1-4H3. The van der Waals surface area contributed by atoms with Crippen LogP contribution in [0.3, 0.4) is 0 Å². The highest BCUT2D eigenvalue weighted by atomic mass is 16.5. The van der Waals surface area contributed by atoms with Crippen LogP contribution in [0.1, 0.15) is 36.2 Å². The lowest BCUT2D eigenvalue weighted by molar-refractivity contribution is -0.121. The minimum atomic E-state index is -0.177. The van der Waals surface area contributed by atoms with E-state index in [9.17, 15) is 9.59 Å². The van der Waals surface area contributed by atoms with Crippen molar-refractivity contribution < 1.29 is 14.3 Å². The average molecular weight is 234 g/mol. The number of hydrogen-bond donors (Lipinski definition) is 0. The predicted octanol–water partition coefficient (Wildman–Crippen LogP) is 2.80. The van der Waals surface area contributed by atoms with Gasteiger partial charge in [-0.3, -0.25) is 9.59 Å². The number of carbonyl (C=O) groups excluding carboxylic acids is 2. The van der Waals surface area contributed by atoms with Gasteiger partial charge in [0.1, 0.15) is 11.5 Å². The summed E-state index contributed by atoms with van der Waals surface area (Å²) < 4.78 is 5.13. The van der Waals surface area contributed by atoms with Crippen LogP contribution in [0.15, 0.2) is 18.2 Å². The molecule has 3 heteroatoms. The first-order valence-electron chi connectivity index (χ1n) is 5.66. The van der Waals surface area contributed by atoms with E-state index >= 15 is 0 Å².